The maximum absolute atomic E-state index is 12.4. The number of benzene rings is 2. The van der Waals surface area contributed by atoms with Gasteiger partial charge in [0.05, 0.1) is 22.5 Å². The van der Waals surface area contributed by atoms with Crippen LogP contribution in [0.15, 0.2) is 60.0 Å². The van der Waals surface area contributed by atoms with Crippen molar-refractivity contribution in [1.29, 1.82) is 0 Å². The molecule has 9 heteroatoms. The van der Waals surface area contributed by atoms with Crippen molar-refractivity contribution in [3.8, 4) is 0 Å². The zero-order valence-electron chi connectivity index (χ0n) is 17.9. The third-order valence-corrected chi connectivity index (χ3v) is 5.96. The van der Waals surface area contributed by atoms with Crippen LogP contribution in [0.4, 0.5) is 10.8 Å². The largest absolute Gasteiger partial charge is 0.459 e. The number of aromatic nitrogens is 1. The van der Waals surface area contributed by atoms with E-state index in [4.69, 9.17) is 4.74 Å². The number of hydrogen-bond donors (Lipinski definition) is 0. The van der Waals surface area contributed by atoms with Gasteiger partial charge in [0, 0.05) is 25.3 Å². The maximum atomic E-state index is 12.4. The number of rotatable bonds is 8. The van der Waals surface area contributed by atoms with E-state index < -0.39 is 5.97 Å². The summed E-state index contributed by atoms with van der Waals surface area (Å²) in [4.78, 5) is 56.0. The Hall–Kier alpha value is -3.85. The van der Waals surface area contributed by atoms with Crippen molar-refractivity contribution >= 4 is 45.8 Å². The molecule has 0 spiro atoms. The molecule has 33 heavy (non-hydrogen) atoms. The van der Waals surface area contributed by atoms with Crippen LogP contribution in [0.5, 0.6) is 0 Å². The Kier molecular flexibility index (Phi) is 6.60. The van der Waals surface area contributed by atoms with E-state index in [-0.39, 0.29) is 37.3 Å². The lowest BCUT2D eigenvalue weighted by atomic mass is 10.1. The van der Waals surface area contributed by atoms with E-state index in [1.54, 1.807) is 29.6 Å². The van der Waals surface area contributed by atoms with Crippen LogP contribution in [0.2, 0.25) is 0 Å². The number of anilines is 2. The third-order valence-electron chi connectivity index (χ3n) is 5.08. The maximum Gasteiger partial charge on any atom is 0.306 e. The molecule has 1 aliphatic heterocycles. The number of amides is 3. The van der Waals surface area contributed by atoms with E-state index in [2.05, 4.69) is 4.98 Å². The van der Waals surface area contributed by atoms with Gasteiger partial charge in [0.15, 0.2) is 5.13 Å². The van der Waals surface area contributed by atoms with Crippen molar-refractivity contribution in [2.24, 2.45) is 0 Å². The molecule has 0 aliphatic carbocycles. The fourth-order valence-electron chi connectivity index (χ4n) is 3.52. The molecule has 0 saturated heterocycles. The summed E-state index contributed by atoms with van der Waals surface area (Å²) in [6.07, 6.45) is 0.368. The monoisotopic (exact) mass is 463 g/mol. The lowest BCUT2D eigenvalue weighted by Crippen LogP contribution is -2.31. The van der Waals surface area contributed by atoms with Crippen molar-refractivity contribution in [3.63, 3.8) is 0 Å². The van der Waals surface area contributed by atoms with Gasteiger partial charge in [-0.1, -0.05) is 30.3 Å². The molecule has 3 aromatic rings. The molecule has 8 nitrogen and oxygen atoms in total. The predicted molar refractivity (Wildman–Crippen MR) is 122 cm³/mol. The van der Waals surface area contributed by atoms with Crippen molar-refractivity contribution in [3.05, 3.63) is 76.8 Å². The van der Waals surface area contributed by atoms with E-state index in [9.17, 15) is 19.2 Å². The molecule has 168 valence electrons. The van der Waals surface area contributed by atoms with Gasteiger partial charge in [-0.2, -0.15) is 0 Å². The molecule has 0 saturated carbocycles. The van der Waals surface area contributed by atoms with Crippen LogP contribution in [-0.4, -0.2) is 40.1 Å². The molecule has 1 aliphatic rings. The summed E-state index contributed by atoms with van der Waals surface area (Å²) in [7, 11) is 0. The Balaban J connectivity index is 1.27. The van der Waals surface area contributed by atoms with E-state index in [1.165, 1.54) is 23.2 Å². The first-order valence-electron chi connectivity index (χ1n) is 10.4. The summed E-state index contributed by atoms with van der Waals surface area (Å²) >= 11 is 1.28. The van der Waals surface area contributed by atoms with Crippen LogP contribution < -0.4 is 4.90 Å². The van der Waals surface area contributed by atoms with Crippen LogP contribution in [0.25, 0.3) is 0 Å². The summed E-state index contributed by atoms with van der Waals surface area (Å²) in [6, 6.07) is 15.8. The van der Waals surface area contributed by atoms with Crippen LogP contribution >= 0.6 is 11.3 Å². The van der Waals surface area contributed by atoms with Gasteiger partial charge in [-0.15, -0.1) is 11.3 Å². The smallest absolute Gasteiger partial charge is 0.306 e. The molecule has 2 aromatic carbocycles. The number of hydrogen-bond acceptors (Lipinski definition) is 7. The van der Waals surface area contributed by atoms with Crippen LogP contribution in [0.3, 0.4) is 0 Å². The molecule has 3 amide bonds. The lowest BCUT2D eigenvalue weighted by Gasteiger charge is -2.17. The number of nitrogens with zero attached hydrogens (tertiary/aromatic N) is 3. The number of fused-ring (bicyclic) bond motifs is 1. The quantitative estimate of drug-likeness (QED) is 0.371. The second-order valence-electron chi connectivity index (χ2n) is 7.38. The molecule has 0 atom stereocenters. The first-order valence-corrected chi connectivity index (χ1v) is 11.2. The standard InChI is InChI=1S/C24H21N3O5S/c1-16(28)27(18-8-3-2-4-9-18)24-25-17(15-33-24)14-32-21(29)12-7-13-26-22(30)19-10-5-6-11-20(19)23(26)31/h2-6,8-11,15H,7,12-14H2,1H3. The van der Waals surface area contributed by atoms with Gasteiger partial charge in [-0.25, -0.2) is 4.98 Å². The van der Waals surface area contributed by atoms with Crippen molar-refractivity contribution in [1.82, 2.24) is 9.88 Å². The number of esters is 1. The minimum atomic E-state index is -0.451. The Bertz CT molecular complexity index is 1170. The van der Waals surface area contributed by atoms with Gasteiger partial charge in [-0.3, -0.25) is 29.0 Å². The Morgan fingerprint density at radius 2 is 1.64 bits per heavy atom. The number of ether oxygens (including phenoxy) is 1. The molecule has 0 bridgehead atoms. The molecule has 0 fully saturated rings. The zero-order valence-corrected chi connectivity index (χ0v) is 18.7. The van der Waals surface area contributed by atoms with E-state index in [0.717, 1.165) is 4.90 Å². The minimum Gasteiger partial charge on any atom is -0.459 e. The molecular formula is C24H21N3O5S. The highest BCUT2D eigenvalue weighted by molar-refractivity contribution is 7.14. The molecule has 0 radical (unpaired) electrons. The third kappa shape index (κ3) is 4.83. The molecule has 0 N–H and O–H groups in total. The van der Waals surface area contributed by atoms with Gasteiger partial charge in [-0.05, 0) is 30.7 Å². The van der Waals surface area contributed by atoms with Crippen molar-refractivity contribution in [2.75, 3.05) is 11.4 Å². The summed E-state index contributed by atoms with van der Waals surface area (Å²) in [5.74, 6) is -1.31. The highest BCUT2D eigenvalue weighted by atomic mass is 32.1. The molecule has 4 rings (SSSR count). The van der Waals surface area contributed by atoms with Crippen LogP contribution in [-0.2, 0) is 20.9 Å². The number of carbonyl (C=O) groups is 4. The second-order valence-corrected chi connectivity index (χ2v) is 8.22. The van der Waals surface area contributed by atoms with Crippen molar-refractivity contribution < 1.29 is 23.9 Å². The highest BCUT2D eigenvalue weighted by Gasteiger charge is 2.34. The molecule has 1 aromatic heterocycles. The molecule has 2 heterocycles. The first kappa shape index (κ1) is 22.3. The fourth-order valence-corrected chi connectivity index (χ4v) is 4.39. The average molecular weight is 464 g/mol. The molecular weight excluding hydrogens is 442 g/mol. The topological polar surface area (TPSA) is 96.9 Å². The summed E-state index contributed by atoms with van der Waals surface area (Å²) in [5, 5.41) is 2.23. The fraction of sp³-hybridized carbons (Fsp3) is 0.208. The van der Waals surface area contributed by atoms with E-state index in [1.807, 2.05) is 30.3 Å². The van der Waals surface area contributed by atoms with E-state index >= 15 is 0 Å². The lowest BCUT2D eigenvalue weighted by molar-refractivity contribution is -0.145. The van der Waals surface area contributed by atoms with Gasteiger partial charge >= 0.3 is 5.97 Å². The number of imide groups is 1. The summed E-state index contributed by atoms with van der Waals surface area (Å²) < 4.78 is 5.28. The Labute approximate surface area is 194 Å². The summed E-state index contributed by atoms with van der Waals surface area (Å²) in [6.45, 7) is 1.58. The van der Waals surface area contributed by atoms with Gasteiger partial charge < -0.3 is 4.74 Å². The van der Waals surface area contributed by atoms with Crippen LogP contribution in [0.1, 0.15) is 46.2 Å². The summed E-state index contributed by atoms with van der Waals surface area (Å²) in [5.41, 5.74) is 2.01. The second kappa shape index (κ2) is 9.74. The number of para-hydroxylation sites is 1. The average Bonchev–Trinajstić information content (AvgIpc) is 3.37. The van der Waals surface area contributed by atoms with Gasteiger partial charge in [0.25, 0.3) is 11.8 Å². The van der Waals surface area contributed by atoms with Gasteiger partial charge in [0.2, 0.25) is 5.91 Å². The Morgan fingerprint density at radius 3 is 2.27 bits per heavy atom. The number of carbonyl (C=O) groups excluding carboxylic acids is 4. The SMILES string of the molecule is CC(=O)N(c1ccccc1)c1nc(COC(=O)CCCN2C(=O)c3ccccc3C2=O)cs1. The minimum absolute atomic E-state index is 0.0249. The van der Waals surface area contributed by atoms with Gasteiger partial charge in [0.1, 0.15) is 6.61 Å². The normalized spacial score (nSPS) is 12.6. The number of thiazole rings is 1. The first-order chi connectivity index (χ1) is 16.0. The van der Waals surface area contributed by atoms with Crippen LogP contribution in [0, 0.1) is 0 Å². The molecule has 0 unspecified atom stereocenters. The zero-order chi connectivity index (χ0) is 23.4. The Morgan fingerprint density at radius 1 is 1.00 bits per heavy atom. The van der Waals surface area contributed by atoms with E-state index in [0.29, 0.717) is 34.1 Å². The van der Waals surface area contributed by atoms with Crippen molar-refractivity contribution in [2.45, 2.75) is 26.4 Å². The highest BCUT2D eigenvalue weighted by Crippen LogP contribution is 2.29. The predicted octanol–water partition coefficient (Wildman–Crippen LogP) is 3.95.